The highest BCUT2D eigenvalue weighted by molar-refractivity contribution is 6.04. The first-order valence-electron chi connectivity index (χ1n) is 11.6. The van der Waals surface area contributed by atoms with Crippen molar-refractivity contribution in [3.63, 3.8) is 0 Å². The van der Waals surface area contributed by atoms with Crippen LogP contribution in [-0.2, 0) is 10.7 Å². The Morgan fingerprint density at radius 3 is 2.83 bits per heavy atom. The van der Waals surface area contributed by atoms with Gasteiger partial charge in [-0.2, -0.15) is 8.78 Å². The van der Waals surface area contributed by atoms with Gasteiger partial charge in [-0.3, -0.25) is 9.78 Å². The van der Waals surface area contributed by atoms with Crippen LogP contribution in [0.5, 0.6) is 0 Å². The number of aliphatic hydroxyl groups is 1. The van der Waals surface area contributed by atoms with Crippen LogP contribution < -0.4 is 10.2 Å². The molecule has 6 nitrogen and oxygen atoms in total. The number of nitrogens with one attached hydrogen (secondary N) is 1. The molecule has 0 spiro atoms. The number of rotatable bonds is 4. The Hall–Kier alpha value is -3.36. The standard InChI is InChI=1S/C27H27F2N3O3/c1-16-3-5-19(31-26(34)18-7-8-30-25(12-18)27(2,28)29)13-22(16)17-4-6-21-23(11-17)32-9-10-35-15-20(32)14-24(21)33/h3-8,11-13,20,24,33H,9-10,14-15H2,1-2H3,(H,31,34)/t20?,24-/m0/s1. The van der Waals surface area contributed by atoms with Crippen molar-refractivity contribution in [1.29, 1.82) is 0 Å². The van der Waals surface area contributed by atoms with E-state index in [1.165, 1.54) is 12.3 Å². The number of anilines is 2. The maximum Gasteiger partial charge on any atom is 0.286 e. The minimum absolute atomic E-state index is 0.111. The predicted molar refractivity (Wildman–Crippen MR) is 130 cm³/mol. The zero-order valence-electron chi connectivity index (χ0n) is 19.6. The summed E-state index contributed by atoms with van der Waals surface area (Å²) in [7, 11) is 0. The highest BCUT2D eigenvalue weighted by Crippen LogP contribution is 2.41. The number of aryl methyl sites for hydroxylation is 1. The van der Waals surface area contributed by atoms with Crippen molar-refractivity contribution in [2.75, 3.05) is 30.0 Å². The van der Waals surface area contributed by atoms with Gasteiger partial charge >= 0.3 is 0 Å². The number of morpholine rings is 1. The molecule has 35 heavy (non-hydrogen) atoms. The van der Waals surface area contributed by atoms with Crippen LogP contribution in [0.25, 0.3) is 11.1 Å². The number of fused-ring (bicyclic) bond motifs is 3. The minimum Gasteiger partial charge on any atom is -0.388 e. The highest BCUT2D eigenvalue weighted by Gasteiger charge is 2.34. The third-order valence-electron chi connectivity index (χ3n) is 6.70. The van der Waals surface area contributed by atoms with Crippen LogP contribution in [0.4, 0.5) is 20.2 Å². The molecule has 3 aromatic rings. The third kappa shape index (κ3) is 4.63. The molecule has 1 unspecified atom stereocenters. The number of ether oxygens (including phenoxy) is 1. The lowest BCUT2D eigenvalue weighted by molar-refractivity contribution is 0.0127. The average Bonchev–Trinajstić information content (AvgIpc) is 2.84. The van der Waals surface area contributed by atoms with Gasteiger partial charge in [0.2, 0.25) is 0 Å². The molecule has 2 aliphatic rings. The maximum atomic E-state index is 13.6. The van der Waals surface area contributed by atoms with E-state index < -0.39 is 23.6 Å². The van der Waals surface area contributed by atoms with Gasteiger partial charge in [-0.05, 0) is 53.9 Å². The number of pyridine rings is 1. The first-order valence-corrected chi connectivity index (χ1v) is 11.6. The topological polar surface area (TPSA) is 74.7 Å². The second-order valence-electron chi connectivity index (χ2n) is 9.25. The highest BCUT2D eigenvalue weighted by atomic mass is 19.3. The van der Waals surface area contributed by atoms with Gasteiger partial charge in [0.1, 0.15) is 5.69 Å². The van der Waals surface area contributed by atoms with Crippen LogP contribution in [0.3, 0.4) is 0 Å². The summed E-state index contributed by atoms with van der Waals surface area (Å²) in [4.78, 5) is 18.8. The number of alkyl halides is 2. The van der Waals surface area contributed by atoms with Crippen molar-refractivity contribution in [3.8, 4) is 11.1 Å². The molecule has 0 radical (unpaired) electrons. The van der Waals surface area contributed by atoms with E-state index in [1.807, 2.05) is 31.2 Å². The molecule has 2 aliphatic heterocycles. The zero-order chi connectivity index (χ0) is 24.7. The van der Waals surface area contributed by atoms with Gasteiger partial charge in [0.25, 0.3) is 11.8 Å². The number of hydrogen-bond donors (Lipinski definition) is 2. The lowest BCUT2D eigenvalue weighted by Gasteiger charge is -2.43. The summed E-state index contributed by atoms with van der Waals surface area (Å²) in [6, 6.07) is 14.3. The van der Waals surface area contributed by atoms with Crippen LogP contribution in [0.2, 0.25) is 0 Å². The van der Waals surface area contributed by atoms with Crippen LogP contribution >= 0.6 is 0 Å². The number of benzene rings is 2. The number of carbonyl (C=O) groups excluding carboxylic acids is 1. The Morgan fingerprint density at radius 1 is 1.20 bits per heavy atom. The van der Waals surface area contributed by atoms with E-state index in [0.29, 0.717) is 25.3 Å². The van der Waals surface area contributed by atoms with Gasteiger partial charge in [0.15, 0.2) is 0 Å². The van der Waals surface area contributed by atoms with Crippen molar-refractivity contribution in [2.45, 2.75) is 38.3 Å². The summed E-state index contributed by atoms with van der Waals surface area (Å²) < 4.78 is 32.9. The number of carbonyl (C=O) groups is 1. The molecule has 1 aromatic heterocycles. The number of hydrogen-bond acceptors (Lipinski definition) is 5. The van der Waals surface area contributed by atoms with Crippen LogP contribution in [0.15, 0.2) is 54.7 Å². The predicted octanol–water partition coefficient (Wildman–Crippen LogP) is 5.06. The van der Waals surface area contributed by atoms with E-state index in [9.17, 15) is 18.7 Å². The van der Waals surface area contributed by atoms with Gasteiger partial charge in [0, 0.05) is 48.6 Å². The molecule has 2 aromatic carbocycles. The average molecular weight is 480 g/mol. The monoisotopic (exact) mass is 479 g/mol. The van der Waals surface area contributed by atoms with Crippen molar-refractivity contribution < 1.29 is 23.4 Å². The number of halogens is 2. The van der Waals surface area contributed by atoms with E-state index in [0.717, 1.165) is 47.5 Å². The number of aliphatic hydroxyl groups excluding tert-OH is 1. The van der Waals surface area contributed by atoms with Crippen LogP contribution in [-0.4, -0.2) is 41.8 Å². The molecule has 1 saturated heterocycles. The van der Waals surface area contributed by atoms with Gasteiger partial charge in [0.05, 0.1) is 25.4 Å². The van der Waals surface area contributed by atoms with Gasteiger partial charge in [-0.1, -0.05) is 18.2 Å². The molecule has 5 rings (SSSR count). The summed E-state index contributed by atoms with van der Waals surface area (Å²) in [5.74, 6) is -3.62. The Bertz CT molecular complexity index is 1270. The fourth-order valence-electron chi connectivity index (χ4n) is 4.82. The molecule has 1 amide bonds. The Balaban J connectivity index is 1.44. The summed E-state index contributed by atoms with van der Waals surface area (Å²) in [5.41, 5.74) is 5.06. The molecule has 0 saturated carbocycles. The summed E-state index contributed by atoms with van der Waals surface area (Å²) >= 11 is 0. The Morgan fingerprint density at radius 2 is 2.03 bits per heavy atom. The smallest absolute Gasteiger partial charge is 0.286 e. The molecule has 1 fully saturated rings. The van der Waals surface area contributed by atoms with E-state index in [4.69, 9.17) is 4.74 Å². The van der Waals surface area contributed by atoms with E-state index >= 15 is 0 Å². The molecular weight excluding hydrogens is 452 g/mol. The van der Waals surface area contributed by atoms with Crippen molar-refractivity contribution in [3.05, 3.63) is 77.1 Å². The number of amides is 1. The molecular formula is C27H27F2N3O3. The first-order chi connectivity index (χ1) is 16.7. The largest absolute Gasteiger partial charge is 0.388 e. The van der Waals surface area contributed by atoms with E-state index in [1.54, 1.807) is 6.07 Å². The summed E-state index contributed by atoms with van der Waals surface area (Å²) in [6.45, 7) is 4.76. The molecule has 2 atom stereocenters. The molecule has 3 heterocycles. The third-order valence-corrected chi connectivity index (χ3v) is 6.70. The van der Waals surface area contributed by atoms with Gasteiger partial charge in [-0.25, -0.2) is 0 Å². The van der Waals surface area contributed by atoms with Crippen molar-refractivity contribution in [2.24, 2.45) is 0 Å². The second kappa shape index (κ2) is 9.02. The molecule has 0 aliphatic carbocycles. The van der Waals surface area contributed by atoms with Crippen molar-refractivity contribution in [1.82, 2.24) is 4.98 Å². The summed E-state index contributed by atoms with van der Waals surface area (Å²) in [6.07, 6.45) is 1.32. The van der Waals surface area contributed by atoms with Crippen LogP contribution in [0, 0.1) is 6.92 Å². The molecule has 182 valence electrons. The van der Waals surface area contributed by atoms with E-state index in [-0.39, 0.29) is 11.6 Å². The number of nitrogens with zero attached hydrogens (tertiary/aromatic N) is 2. The molecule has 0 bridgehead atoms. The number of aromatic nitrogens is 1. The Labute approximate surface area is 202 Å². The lowest BCUT2D eigenvalue weighted by Crippen LogP contribution is -2.49. The quantitative estimate of drug-likeness (QED) is 0.547. The minimum atomic E-state index is -3.13. The van der Waals surface area contributed by atoms with Crippen molar-refractivity contribution >= 4 is 17.3 Å². The van der Waals surface area contributed by atoms with Gasteiger partial charge < -0.3 is 20.1 Å². The fourth-order valence-corrected chi connectivity index (χ4v) is 4.82. The fraction of sp³-hybridized carbons (Fsp3) is 0.333. The molecule has 8 heteroatoms. The van der Waals surface area contributed by atoms with E-state index in [2.05, 4.69) is 21.3 Å². The lowest BCUT2D eigenvalue weighted by atomic mass is 9.89. The Kier molecular flexibility index (Phi) is 6.02. The second-order valence-corrected chi connectivity index (χ2v) is 9.25. The molecule has 2 N–H and O–H groups in total. The van der Waals surface area contributed by atoms with Gasteiger partial charge in [-0.15, -0.1) is 0 Å². The maximum absolute atomic E-state index is 13.6. The normalized spacial score (nSPS) is 19.6. The summed E-state index contributed by atoms with van der Waals surface area (Å²) in [5, 5.41) is 13.5. The zero-order valence-corrected chi connectivity index (χ0v) is 19.6. The SMILES string of the molecule is Cc1ccc(NC(=O)c2ccnc(C(C)(F)F)c2)cc1-c1ccc2c(c1)N1CCOCC1C[C@@H]2O. The van der Waals surface area contributed by atoms with Crippen LogP contribution in [0.1, 0.15) is 46.6 Å². The first kappa shape index (κ1) is 23.4.